The largest absolute Gasteiger partial charge is 0.326 e. The molecule has 0 aromatic heterocycles. The number of nitrogens with one attached hydrogen (secondary N) is 1. The number of hydrogen-bond donors (Lipinski definition) is 1. The summed E-state index contributed by atoms with van der Waals surface area (Å²) >= 11 is 0. The van der Waals surface area contributed by atoms with Gasteiger partial charge >= 0.3 is 0 Å². The minimum atomic E-state index is -0.0209. The van der Waals surface area contributed by atoms with Crippen molar-refractivity contribution in [3.05, 3.63) is 22.9 Å². The van der Waals surface area contributed by atoms with Crippen molar-refractivity contribution in [1.82, 2.24) is 5.32 Å². The van der Waals surface area contributed by atoms with Gasteiger partial charge in [0.25, 0.3) is 0 Å². The van der Waals surface area contributed by atoms with Crippen LogP contribution < -0.4 is 5.32 Å². The molecule has 68 valence electrons. The molecule has 12 heavy (non-hydrogen) atoms. The first-order valence-electron chi connectivity index (χ1n) is 4.07. The monoisotopic (exact) mass is 167 g/mol. The van der Waals surface area contributed by atoms with Gasteiger partial charge in [0.15, 0.2) is 0 Å². The highest BCUT2D eigenvalue weighted by molar-refractivity contribution is 5.76. The smallest absolute Gasteiger partial charge is 0.221 e. The average Bonchev–Trinajstić information content (AvgIpc) is 1.98. The lowest BCUT2D eigenvalue weighted by molar-refractivity contribution is -0.118. The molecule has 0 aliphatic heterocycles. The Balaban J connectivity index is 4.71. The summed E-state index contributed by atoms with van der Waals surface area (Å²) in [4.78, 5) is 10.8. The van der Waals surface area contributed by atoms with Gasteiger partial charge in [-0.3, -0.25) is 4.79 Å². The molecule has 1 N–H and O–H groups in total. The van der Waals surface area contributed by atoms with Crippen LogP contribution in [0.1, 0.15) is 34.6 Å². The Bertz CT molecular complexity index is 232. The second-order valence-electron chi connectivity index (χ2n) is 3.03. The SMILES string of the molecule is CC=C(C)C(NC(C)=O)=C(C)C. The van der Waals surface area contributed by atoms with Crippen molar-refractivity contribution in [3.63, 3.8) is 0 Å². The first-order valence-corrected chi connectivity index (χ1v) is 4.07. The number of hydrogen-bond acceptors (Lipinski definition) is 1. The molecule has 0 saturated heterocycles. The third-order valence-electron chi connectivity index (χ3n) is 1.63. The highest BCUT2D eigenvalue weighted by Gasteiger charge is 2.02. The Labute approximate surface area is 74.4 Å². The van der Waals surface area contributed by atoms with Crippen LogP contribution in [0.2, 0.25) is 0 Å². The van der Waals surface area contributed by atoms with Crippen LogP contribution in [0.3, 0.4) is 0 Å². The minimum absolute atomic E-state index is 0.0209. The first-order chi connectivity index (χ1) is 5.49. The maximum atomic E-state index is 10.8. The van der Waals surface area contributed by atoms with E-state index in [2.05, 4.69) is 5.32 Å². The fourth-order valence-electron chi connectivity index (χ4n) is 0.938. The average molecular weight is 167 g/mol. The topological polar surface area (TPSA) is 29.1 Å². The quantitative estimate of drug-likeness (QED) is 0.628. The first kappa shape index (κ1) is 11.0. The standard InChI is InChI=1S/C10H17NO/c1-6-8(4)10(7(2)3)11-9(5)12/h6H,1-5H3,(H,11,12). The lowest BCUT2D eigenvalue weighted by Gasteiger charge is -2.10. The van der Waals surface area contributed by atoms with E-state index in [0.717, 1.165) is 16.8 Å². The summed E-state index contributed by atoms with van der Waals surface area (Å²) in [5.74, 6) is -0.0209. The Morgan fingerprint density at radius 1 is 1.17 bits per heavy atom. The van der Waals surface area contributed by atoms with E-state index in [1.54, 1.807) is 0 Å². The maximum Gasteiger partial charge on any atom is 0.221 e. The summed E-state index contributed by atoms with van der Waals surface area (Å²) < 4.78 is 0. The molecule has 0 spiro atoms. The molecule has 0 saturated carbocycles. The zero-order chi connectivity index (χ0) is 9.72. The minimum Gasteiger partial charge on any atom is -0.326 e. The molecule has 0 aromatic rings. The van der Waals surface area contributed by atoms with E-state index in [-0.39, 0.29) is 5.91 Å². The zero-order valence-electron chi connectivity index (χ0n) is 8.49. The Kier molecular flexibility index (Phi) is 4.34. The van der Waals surface area contributed by atoms with Crippen molar-refractivity contribution in [1.29, 1.82) is 0 Å². The van der Waals surface area contributed by atoms with Gasteiger partial charge in [-0.1, -0.05) is 11.6 Å². The van der Waals surface area contributed by atoms with Crippen LogP contribution in [-0.4, -0.2) is 5.91 Å². The molecule has 0 aromatic carbocycles. The highest BCUT2D eigenvalue weighted by atomic mass is 16.1. The molecule has 0 heterocycles. The predicted octanol–water partition coefficient (Wildman–Crippen LogP) is 2.38. The van der Waals surface area contributed by atoms with Crippen LogP contribution in [0.4, 0.5) is 0 Å². The third kappa shape index (κ3) is 3.37. The maximum absolute atomic E-state index is 10.8. The second-order valence-corrected chi connectivity index (χ2v) is 3.03. The fourth-order valence-corrected chi connectivity index (χ4v) is 0.938. The number of carbonyl (C=O) groups is 1. The molecule has 0 atom stereocenters. The van der Waals surface area contributed by atoms with Gasteiger partial charge in [-0.05, 0) is 33.3 Å². The van der Waals surface area contributed by atoms with Crippen LogP contribution in [0.15, 0.2) is 22.9 Å². The van der Waals surface area contributed by atoms with Gasteiger partial charge in [-0.2, -0.15) is 0 Å². The molecular weight excluding hydrogens is 150 g/mol. The van der Waals surface area contributed by atoms with Gasteiger partial charge in [0, 0.05) is 12.6 Å². The Morgan fingerprint density at radius 3 is 1.92 bits per heavy atom. The van der Waals surface area contributed by atoms with Crippen molar-refractivity contribution in [2.75, 3.05) is 0 Å². The van der Waals surface area contributed by atoms with Crippen LogP contribution in [0.5, 0.6) is 0 Å². The van der Waals surface area contributed by atoms with E-state index in [4.69, 9.17) is 0 Å². The van der Waals surface area contributed by atoms with Gasteiger partial charge in [0.1, 0.15) is 0 Å². The van der Waals surface area contributed by atoms with Crippen LogP contribution >= 0.6 is 0 Å². The molecule has 0 unspecified atom stereocenters. The van der Waals surface area contributed by atoms with Gasteiger partial charge in [-0.15, -0.1) is 0 Å². The molecule has 1 amide bonds. The number of amides is 1. The predicted molar refractivity (Wildman–Crippen MR) is 51.6 cm³/mol. The fraction of sp³-hybridized carbons (Fsp3) is 0.500. The summed E-state index contributed by atoms with van der Waals surface area (Å²) in [6.45, 7) is 9.43. The van der Waals surface area contributed by atoms with Crippen molar-refractivity contribution in [2.45, 2.75) is 34.6 Å². The molecule has 2 heteroatoms. The van der Waals surface area contributed by atoms with Gasteiger partial charge < -0.3 is 5.32 Å². The van der Waals surface area contributed by atoms with E-state index in [1.807, 2.05) is 33.8 Å². The van der Waals surface area contributed by atoms with E-state index in [9.17, 15) is 4.79 Å². The van der Waals surface area contributed by atoms with Crippen molar-refractivity contribution in [3.8, 4) is 0 Å². The van der Waals surface area contributed by atoms with Gasteiger partial charge in [0.05, 0.1) is 0 Å². The van der Waals surface area contributed by atoms with Crippen LogP contribution in [-0.2, 0) is 4.79 Å². The van der Waals surface area contributed by atoms with Crippen molar-refractivity contribution >= 4 is 5.91 Å². The molecule has 0 aliphatic carbocycles. The Hall–Kier alpha value is -1.05. The van der Waals surface area contributed by atoms with Crippen LogP contribution in [0.25, 0.3) is 0 Å². The van der Waals surface area contributed by atoms with Crippen LogP contribution in [0, 0.1) is 0 Å². The van der Waals surface area contributed by atoms with E-state index in [1.165, 1.54) is 6.92 Å². The zero-order valence-corrected chi connectivity index (χ0v) is 8.49. The number of carbonyl (C=O) groups excluding carboxylic acids is 1. The van der Waals surface area contributed by atoms with Crippen molar-refractivity contribution < 1.29 is 4.79 Å². The molecule has 0 rings (SSSR count). The lowest BCUT2D eigenvalue weighted by Crippen LogP contribution is -2.20. The molecule has 2 nitrogen and oxygen atoms in total. The van der Waals surface area contributed by atoms with Crippen molar-refractivity contribution in [2.24, 2.45) is 0 Å². The summed E-state index contributed by atoms with van der Waals surface area (Å²) in [6, 6.07) is 0. The van der Waals surface area contributed by atoms with Gasteiger partial charge in [0.2, 0.25) is 5.91 Å². The number of rotatable bonds is 2. The van der Waals surface area contributed by atoms with Gasteiger partial charge in [-0.25, -0.2) is 0 Å². The molecular formula is C10H17NO. The summed E-state index contributed by atoms with van der Waals surface area (Å²) in [5, 5.41) is 2.80. The summed E-state index contributed by atoms with van der Waals surface area (Å²) in [7, 11) is 0. The molecule has 0 fully saturated rings. The normalized spacial score (nSPS) is 10.9. The summed E-state index contributed by atoms with van der Waals surface area (Å²) in [5.41, 5.74) is 3.16. The van der Waals surface area contributed by atoms with E-state index in [0.29, 0.717) is 0 Å². The second kappa shape index (κ2) is 4.75. The number of allylic oxidation sites excluding steroid dienone is 3. The highest BCUT2D eigenvalue weighted by Crippen LogP contribution is 2.10. The molecule has 0 aliphatic rings. The van der Waals surface area contributed by atoms with E-state index >= 15 is 0 Å². The Morgan fingerprint density at radius 2 is 1.67 bits per heavy atom. The van der Waals surface area contributed by atoms with E-state index < -0.39 is 0 Å². The summed E-state index contributed by atoms with van der Waals surface area (Å²) in [6.07, 6.45) is 1.98. The molecule has 0 bridgehead atoms. The third-order valence-corrected chi connectivity index (χ3v) is 1.63. The lowest BCUT2D eigenvalue weighted by atomic mass is 10.1. The molecule has 0 radical (unpaired) electrons.